The van der Waals surface area contributed by atoms with E-state index in [9.17, 15) is 18.0 Å². The second kappa shape index (κ2) is 3.74. The maximum atomic E-state index is 12.7. The van der Waals surface area contributed by atoms with Gasteiger partial charge in [0.05, 0.1) is 17.3 Å². The monoisotopic (exact) mass is 209 g/mol. The van der Waals surface area contributed by atoms with Crippen LogP contribution in [0.25, 0.3) is 0 Å². The standard InChI is InChI=1S/C7H3ClF3NO/c8-6(13)3-1-12-2-4(9)5(3)7(10)11/h1-2,7H. The Morgan fingerprint density at radius 1 is 1.46 bits per heavy atom. The zero-order valence-electron chi connectivity index (χ0n) is 6.10. The lowest BCUT2D eigenvalue weighted by molar-refractivity contribution is 0.106. The predicted octanol–water partition coefficient (Wildman–Crippen LogP) is 2.54. The minimum absolute atomic E-state index is 0.600. The summed E-state index contributed by atoms with van der Waals surface area (Å²) >= 11 is 4.95. The Balaban J connectivity index is 3.34. The number of aromatic nitrogens is 1. The molecule has 0 aromatic carbocycles. The van der Waals surface area contributed by atoms with Crippen LogP contribution in [-0.4, -0.2) is 10.2 Å². The molecule has 0 N–H and O–H groups in total. The molecular weight excluding hydrogens is 207 g/mol. The van der Waals surface area contributed by atoms with Crippen LogP contribution in [0.5, 0.6) is 0 Å². The van der Waals surface area contributed by atoms with Gasteiger partial charge >= 0.3 is 0 Å². The highest BCUT2D eigenvalue weighted by molar-refractivity contribution is 6.67. The minimum Gasteiger partial charge on any atom is -0.276 e. The SMILES string of the molecule is O=C(Cl)c1cncc(F)c1C(F)F. The first kappa shape index (κ1) is 9.98. The molecule has 1 aromatic rings. The first-order valence-corrected chi connectivity index (χ1v) is 3.53. The third-order valence-electron chi connectivity index (χ3n) is 1.37. The van der Waals surface area contributed by atoms with E-state index in [1.54, 1.807) is 0 Å². The van der Waals surface area contributed by atoms with Crippen LogP contribution < -0.4 is 0 Å². The van der Waals surface area contributed by atoms with Crippen molar-refractivity contribution < 1.29 is 18.0 Å². The fourth-order valence-corrected chi connectivity index (χ4v) is 0.974. The quantitative estimate of drug-likeness (QED) is 0.701. The first-order chi connectivity index (χ1) is 6.04. The highest BCUT2D eigenvalue weighted by Gasteiger charge is 2.21. The predicted molar refractivity (Wildman–Crippen MR) is 39.3 cm³/mol. The molecule has 0 aliphatic rings. The number of pyridine rings is 1. The van der Waals surface area contributed by atoms with Crippen molar-refractivity contribution in [3.05, 3.63) is 29.3 Å². The number of halogens is 4. The fourth-order valence-electron chi connectivity index (χ4n) is 0.823. The summed E-state index contributed by atoms with van der Waals surface area (Å²) in [6.45, 7) is 0. The molecule has 0 fully saturated rings. The summed E-state index contributed by atoms with van der Waals surface area (Å²) in [5, 5.41) is -1.15. The van der Waals surface area contributed by atoms with Crippen molar-refractivity contribution >= 4 is 16.8 Å². The molecule has 1 rings (SSSR count). The second-order valence-corrected chi connectivity index (χ2v) is 2.50. The molecule has 0 saturated heterocycles. The maximum absolute atomic E-state index is 12.7. The summed E-state index contributed by atoms with van der Waals surface area (Å²) in [7, 11) is 0. The summed E-state index contributed by atoms with van der Waals surface area (Å²) in [6.07, 6.45) is -1.68. The smallest absolute Gasteiger partial charge is 0.267 e. The highest BCUT2D eigenvalue weighted by Crippen LogP contribution is 2.25. The highest BCUT2D eigenvalue weighted by atomic mass is 35.5. The molecule has 2 nitrogen and oxygen atoms in total. The van der Waals surface area contributed by atoms with E-state index in [2.05, 4.69) is 4.98 Å². The van der Waals surface area contributed by atoms with E-state index in [1.165, 1.54) is 0 Å². The van der Waals surface area contributed by atoms with E-state index in [4.69, 9.17) is 11.6 Å². The number of hydrogen-bond donors (Lipinski definition) is 0. The van der Waals surface area contributed by atoms with Crippen molar-refractivity contribution in [2.45, 2.75) is 6.43 Å². The summed E-state index contributed by atoms with van der Waals surface area (Å²) in [6, 6.07) is 0. The molecule has 0 spiro atoms. The molecule has 13 heavy (non-hydrogen) atoms. The van der Waals surface area contributed by atoms with Gasteiger partial charge in [-0.2, -0.15) is 0 Å². The van der Waals surface area contributed by atoms with Crippen LogP contribution in [0.4, 0.5) is 13.2 Å². The van der Waals surface area contributed by atoms with E-state index < -0.39 is 28.6 Å². The van der Waals surface area contributed by atoms with Gasteiger partial charge in [-0.25, -0.2) is 13.2 Å². The van der Waals surface area contributed by atoms with Gasteiger partial charge < -0.3 is 0 Å². The van der Waals surface area contributed by atoms with Crippen LogP contribution in [0.3, 0.4) is 0 Å². The van der Waals surface area contributed by atoms with Crippen molar-refractivity contribution in [1.82, 2.24) is 4.98 Å². The minimum atomic E-state index is -3.08. The molecule has 70 valence electrons. The van der Waals surface area contributed by atoms with Gasteiger partial charge in [0, 0.05) is 6.20 Å². The van der Waals surface area contributed by atoms with E-state index in [0.29, 0.717) is 6.20 Å². The van der Waals surface area contributed by atoms with Gasteiger partial charge in [0.25, 0.3) is 11.7 Å². The number of carbonyl (C=O) groups is 1. The third-order valence-corrected chi connectivity index (χ3v) is 1.57. The van der Waals surface area contributed by atoms with Crippen LogP contribution in [0.2, 0.25) is 0 Å². The Labute approximate surface area is 76.3 Å². The Kier molecular flexibility index (Phi) is 2.87. The first-order valence-electron chi connectivity index (χ1n) is 3.15. The van der Waals surface area contributed by atoms with E-state index in [1.807, 2.05) is 0 Å². The van der Waals surface area contributed by atoms with Gasteiger partial charge in [-0.15, -0.1) is 0 Å². The number of rotatable bonds is 2. The lowest BCUT2D eigenvalue weighted by atomic mass is 10.1. The van der Waals surface area contributed by atoms with E-state index in [-0.39, 0.29) is 0 Å². The van der Waals surface area contributed by atoms with Gasteiger partial charge in [0.15, 0.2) is 5.82 Å². The van der Waals surface area contributed by atoms with Crippen molar-refractivity contribution in [2.75, 3.05) is 0 Å². The number of carbonyl (C=O) groups excluding carboxylic acids is 1. The molecule has 0 unspecified atom stereocenters. The average Bonchev–Trinajstić information content (AvgIpc) is 2.02. The molecule has 6 heteroatoms. The lowest BCUT2D eigenvalue weighted by Gasteiger charge is -2.04. The summed E-state index contributed by atoms with van der Waals surface area (Å²) in [4.78, 5) is 13.8. The molecule has 0 saturated carbocycles. The van der Waals surface area contributed by atoms with E-state index in [0.717, 1.165) is 6.20 Å². The molecular formula is C7H3ClF3NO. The van der Waals surface area contributed by atoms with Crippen LogP contribution in [0.1, 0.15) is 22.3 Å². The normalized spacial score (nSPS) is 10.5. The van der Waals surface area contributed by atoms with Crippen molar-refractivity contribution in [2.24, 2.45) is 0 Å². The summed E-state index contributed by atoms with van der Waals surface area (Å²) < 4.78 is 37.0. The van der Waals surface area contributed by atoms with Gasteiger partial charge in [0.1, 0.15) is 0 Å². The molecule has 0 atom stereocenters. The maximum Gasteiger partial charge on any atom is 0.267 e. The Morgan fingerprint density at radius 2 is 2.08 bits per heavy atom. The second-order valence-electron chi connectivity index (χ2n) is 2.16. The number of hydrogen-bond acceptors (Lipinski definition) is 2. The third kappa shape index (κ3) is 1.98. The Hall–Kier alpha value is -1.10. The number of nitrogens with zero attached hydrogens (tertiary/aromatic N) is 1. The Bertz CT molecular complexity index is 343. The van der Waals surface area contributed by atoms with Gasteiger partial charge in [0.2, 0.25) is 0 Å². The van der Waals surface area contributed by atoms with E-state index >= 15 is 0 Å². The molecule has 1 heterocycles. The lowest BCUT2D eigenvalue weighted by Crippen LogP contribution is -2.02. The largest absolute Gasteiger partial charge is 0.276 e. The Morgan fingerprint density at radius 3 is 2.46 bits per heavy atom. The van der Waals surface area contributed by atoms with Crippen LogP contribution >= 0.6 is 11.6 Å². The molecule has 0 aliphatic carbocycles. The molecule has 1 aromatic heterocycles. The molecule has 0 aliphatic heterocycles. The van der Waals surface area contributed by atoms with Crippen molar-refractivity contribution in [3.63, 3.8) is 0 Å². The van der Waals surface area contributed by atoms with Gasteiger partial charge in [-0.3, -0.25) is 9.78 Å². The van der Waals surface area contributed by atoms with Crippen molar-refractivity contribution in [3.8, 4) is 0 Å². The summed E-state index contributed by atoms with van der Waals surface area (Å²) in [5.74, 6) is -1.23. The van der Waals surface area contributed by atoms with Crippen LogP contribution in [-0.2, 0) is 0 Å². The van der Waals surface area contributed by atoms with Gasteiger partial charge in [-0.05, 0) is 11.6 Å². The molecule has 0 bridgehead atoms. The summed E-state index contributed by atoms with van der Waals surface area (Å²) in [5.41, 5.74) is -1.60. The van der Waals surface area contributed by atoms with Crippen molar-refractivity contribution in [1.29, 1.82) is 0 Å². The van der Waals surface area contributed by atoms with Crippen LogP contribution in [0.15, 0.2) is 12.4 Å². The van der Waals surface area contributed by atoms with Gasteiger partial charge in [-0.1, -0.05) is 0 Å². The zero-order chi connectivity index (χ0) is 10.0. The van der Waals surface area contributed by atoms with Crippen LogP contribution in [0, 0.1) is 5.82 Å². The number of alkyl halides is 2. The molecule has 0 amide bonds. The zero-order valence-corrected chi connectivity index (χ0v) is 6.86. The molecule has 0 radical (unpaired) electrons. The fraction of sp³-hybridized carbons (Fsp3) is 0.143. The topological polar surface area (TPSA) is 30.0 Å². The average molecular weight is 210 g/mol.